The largest absolute Gasteiger partial charge is 0.342 e. The molecule has 4 nitrogen and oxygen atoms in total. The molecule has 0 radical (unpaired) electrons. The molecule has 2 saturated heterocycles. The second-order valence-electron chi connectivity index (χ2n) is 7.47. The molecule has 1 atom stereocenters. The molecule has 0 unspecified atom stereocenters. The van der Waals surface area contributed by atoms with Crippen LogP contribution in [-0.2, 0) is 16.0 Å². The molecule has 0 aromatic heterocycles. The fraction of sp³-hybridized carbons (Fsp3) is 0.619. The SMILES string of the molecule is O=C(CCc1ccccc1)[C@H]1CCCN(CC(=O)N2CCCCC2)C1. The molecule has 2 aliphatic heterocycles. The van der Waals surface area contributed by atoms with Crippen LogP contribution in [0.5, 0.6) is 0 Å². The molecular formula is C21H30N2O2. The number of nitrogens with zero attached hydrogens (tertiary/aromatic N) is 2. The van der Waals surface area contributed by atoms with Gasteiger partial charge in [0, 0.05) is 32.0 Å². The molecule has 3 rings (SSSR count). The highest BCUT2D eigenvalue weighted by molar-refractivity contribution is 5.82. The number of Topliss-reactive ketones (excluding diaryl/α,β-unsaturated/α-hetero) is 1. The van der Waals surface area contributed by atoms with E-state index in [9.17, 15) is 9.59 Å². The first-order chi connectivity index (χ1) is 12.2. The summed E-state index contributed by atoms with van der Waals surface area (Å²) in [5.74, 6) is 0.711. The fourth-order valence-corrected chi connectivity index (χ4v) is 4.01. The molecule has 25 heavy (non-hydrogen) atoms. The lowest BCUT2D eigenvalue weighted by Crippen LogP contribution is -2.46. The Hall–Kier alpha value is -1.68. The third-order valence-corrected chi connectivity index (χ3v) is 5.53. The molecule has 2 fully saturated rings. The number of amides is 1. The summed E-state index contributed by atoms with van der Waals surface area (Å²) in [6.45, 7) is 4.01. The maximum absolute atomic E-state index is 12.6. The zero-order valence-corrected chi connectivity index (χ0v) is 15.2. The van der Waals surface area contributed by atoms with E-state index in [-0.39, 0.29) is 11.8 Å². The second kappa shape index (κ2) is 9.14. The highest BCUT2D eigenvalue weighted by Crippen LogP contribution is 2.20. The highest BCUT2D eigenvalue weighted by Gasteiger charge is 2.27. The number of aryl methyl sites for hydroxylation is 1. The van der Waals surface area contributed by atoms with Crippen molar-refractivity contribution in [3.63, 3.8) is 0 Å². The fourth-order valence-electron chi connectivity index (χ4n) is 4.01. The summed E-state index contributed by atoms with van der Waals surface area (Å²) in [7, 11) is 0. The van der Waals surface area contributed by atoms with Crippen LogP contribution < -0.4 is 0 Å². The van der Waals surface area contributed by atoms with Crippen molar-refractivity contribution in [2.24, 2.45) is 5.92 Å². The van der Waals surface area contributed by atoms with E-state index in [2.05, 4.69) is 17.0 Å². The number of hydrogen-bond acceptors (Lipinski definition) is 3. The average molecular weight is 342 g/mol. The van der Waals surface area contributed by atoms with Gasteiger partial charge < -0.3 is 4.90 Å². The smallest absolute Gasteiger partial charge is 0.236 e. The van der Waals surface area contributed by atoms with Gasteiger partial charge in [0.15, 0.2) is 0 Å². The molecule has 2 heterocycles. The van der Waals surface area contributed by atoms with Crippen molar-refractivity contribution in [3.05, 3.63) is 35.9 Å². The van der Waals surface area contributed by atoms with Gasteiger partial charge in [0.1, 0.15) is 5.78 Å². The maximum atomic E-state index is 12.6. The normalized spacial score (nSPS) is 21.9. The van der Waals surface area contributed by atoms with Gasteiger partial charge in [0.25, 0.3) is 0 Å². The Bertz CT molecular complexity index is 567. The van der Waals surface area contributed by atoms with Crippen LogP contribution in [0.25, 0.3) is 0 Å². The van der Waals surface area contributed by atoms with Gasteiger partial charge in [0.05, 0.1) is 6.54 Å². The molecule has 1 amide bonds. The summed E-state index contributed by atoms with van der Waals surface area (Å²) < 4.78 is 0. The van der Waals surface area contributed by atoms with Crippen LogP contribution in [0.15, 0.2) is 30.3 Å². The summed E-state index contributed by atoms with van der Waals surface area (Å²) in [5, 5.41) is 0. The predicted octanol–water partition coefficient (Wildman–Crippen LogP) is 2.91. The van der Waals surface area contributed by atoms with E-state index in [1.54, 1.807) is 0 Å². The van der Waals surface area contributed by atoms with Gasteiger partial charge in [-0.25, -0.2) is 0 Å². The summed E-state index contributed by atoms with van der Waals surface area (Å²) in [5.41, 5.74) is 1.23. The molecule has 0 N–H and O–H groups in total. The molecule has 4 heteroatoms. The van der Waals surface area contributed by atoms with Crippen LogP contribution in [0.3, 0.4) is 0 Å². The number of rotatable bonds is 6. The summed E-state index contributed by atoms with van der Waals surface area (Å²) in [6, 6.07) is 10.2. The lowest BCUT2D eigenvalue weighted by molar-refractivity contribution is -0.135. The van der Waals surface area contributed by atoms with Crippen molar-refractivity contribution in [1.29, 1.82) is 0 Å². The quantitative estimate of drug-likeness (QED) is 0.798. The van der Waals surface area contributed by atoms with E-state index in [4.69, 9.17) is 0 Å². The minimum atomic E-state index is 0.103. The number of benzene rings is 1. The molecule has 0 spiro atoms. The molecule has 0 saturated carbocycles. The van der Waals surface area contributed by atoms with Crippen molar-refractivity contribution >= 4 is 11.7 Å². The topological polar surface area (TPSA) is 40.6 Å². The summed E-state index contributed by atoms with van der Waals surface area (Å²) >= 11 is 0. The molecule has 0 aliphatic carbocycles. The van der Waals surface area contributed by atoms with Gasteiger partial charge in [0.2, 0.25) is 5.91 Å². The molecule has 0 bridgehead atoms. The highest BCUT2D eigenvalue weighted by atomic mass is 16.2. The molecule has 136 valence electrons. The van der Waals surface area contributed by atoms with Gasteiger partial charge in [-0.1, -0.05) is 30.3 Å². The number of carbonyl (C=O) groups excluding carboxylic acids is 2. The van der Waals surface area contributed by atoms with Crippen LogP contribution in [0.4, 0.5) is 0 Å². The number of likely N-dealkylation sites (tertiary alicyclic amines) is 2. The summed E-state index contributed by atoms with van der Waals surface area (Å²) in [4.78, 5) is 29.2. The first-order valence-electron chi connectivity index (χ1n) is 9.79. The minimum Gasteiger partial charge on any atom is -0.342 e. The first kappa shape index (κ1) is 18.1. The van der Waals surface area contributed by atoms with Crippen LogP contribution in [-0.4, -0.2) is 54.2 Å². The first-order valence-corrected chi connectivity index (χ1v) is 9.79. The van der Waals surface area contributed by atoms with E-state index in [0.29, 0.717) is 18.7 Å². The van der Waals surface area contributed by atoms with E-state index in [1.165, 1.54) is 12.0 Å². The van der Waals surface area contributed by atoms with E-state index in [1.807, 2.05) is 23.1 Å². The zero-order chi connectivity index (χ0) is 17.5. The predicted molar refractivity (Wildman–Crippen MR) is 99.4 cm³/mol. The van der Waals surface area contributed by atoms with Gasteiger partial charge in [-0.2, -0.15) is 0 Å². The number of piperidine rings is 2. The second-order valence-corrected chi connectivity index (χ2v) is 7.47. The molecule has 1 aromatic rings. The lowest BCUT2D eigenvalue weighted by Gasteiger charge is -2.34. The van der Waals surface area contributed by atoms with E-state index in [0.717, 1.165) is 58.3 Å². The standard InChI is InChI=1S/C21H30N2O2/c24-20(12-11-18-8-3-1-4-9-18)19-10-7-13-22(16-19)17-21(25)23-14-5-2-6-15-23/h1,3-4,8-9,19H,2,5-7,10-17H2/t19-/m0/s1. The number of hydrogen-bond donors (Lipinski definition) is 0. The van der Waals surface area contributed by atoms with Gasteiger partial charge in [-0.15, -0.1) is 0 Å². The van der Waals surface area contributed by atoms with Crippen molar-refractivity contribution < 1.29 is 9.59 Å². The Morgan fingerprint density at radius 2 is 1.72 bits per heavy atom. The average Bonchev–Trinajstić information content (AvgIpc) is 2.68. The third-order valence-electron chi connectivity index (χ3n) is 5.53. The van der Waals surface area contributed by atoms with Gasteiger partial charge >= 0.3 is 0 Å². The Labute approximate surface area is 151 Å². The Morgan fingerprint density at radius 3 is 2.48 bits per heavy atom. The number of carbonyl (C=O) groups is 2. The zero-order valence-electron chi connectivity index (χ0n) is 15.2. The molecule has 1 aromatic carbocycles. The van der Waals surface area contributed by atoms with Gasteiger partial charge in [-0.3, -0.25) is 14.5 Å². The maximum Gasteiger partial charge on any atom is 0.236 e. The Kier molecular flexibility index (Phi) is 6.62. The van der Waals surface area contributed by atoms with Crippen molar-refractivity contribution in [3.8, 4) is 0 Å². The van der Waals surface area contributed by atoms with E-state index >= 15 is 0 Å². The Morgan fingerprint density at radius 1 is 0.960 bits per heavy atom. The third kappa shape index (κ3) is 5.40. The Balaban J connectivity index is 1.45. The number of ketones is 1. The van der Waals surface area contributed by atoms with Gasteiger partial charge in [-0.05, 0) is 50.6 Å². The monoisotopic (exact) mass is 342 g/mol. The van der Waals surface area contributed by atoms with E-state index < -0.39 is 0 Å². The molecule has 2 aliphatic rings. The van der Waals surface area contributed by atoms with Crippen LogP contribution >= 0.6 is 0 Å². The van der Waals surface area contributed by atoms with Crippen molar-refractivity contribution in [2.75, 3.05) is 32.7 Å². The summed E-state index contributed by atoms with van der Waals surface area (Å²) in [6.07, 6.45) is 6.94. The molecular weight excluding hydrogens is 312 g/mol. The van der Waals surface area contributed by atoms with Crippen molar-refractivity contribution in [1.82, 2.24) is 9.80 Å². The van der Waals surface area contributed by atoms with Crippen LogP contribution in [0.2, 0.25) is 0 Å². The van der Waals surface area contributed by atoms with Crippen LogP contribution in [0.1, 0.15) is 44.1 Å². The minimum absolute atomic E-state index is 0.103. The van der Waals surface area contributed by atoms with Crippen molar-refractivity contribution in [2.45, 2.75) is 44.9 Å². The lowest BCUT2D eigenvalue weighted by atomic mass is 9.90. The van der Waals surface area contributed by atoms with Crippen LogP contribution in [0, 0.1) is 5.92 Å².